The quantitative estimate of drug-likeness (QED) is 0.775. The molecule has 1 heterocycles. The Bertz CT molecular complexity index is 211. The molecule has 1 atom stereocenters. The van der Waals surface area contributed by atoms with Crippen LogP contribution < -0.4 is 0 Å². The van der Waals surface area contributed by atoms with Crippen LogP contribution in [0.5, 0.6) is 0 Å². The van der Waals surface area contributed by atoms with Crippen LogP contribution in [0.1, 0.15) is 52.4 Å². The van der Waals surface area contributed by atoms with Gasteiger partial charge >= 0.3 is 0 Å². The van der Waals surface area contributed by atoms with Crippen molar-refractivity contribution in [3.8, 4) is 0 Å². The van der Waals surface area contributed by atoms with E-state index in [9.17, 15) is 5.11 Å². The van der Waals surface area contributed by atoms with Gasteiger partial charge in [-0.3, -0.25) is 0 Å². The molecular weight excluding hydrogens is 186 g/mol. The number of piperidine rings is 1. The topological polar surface area (TPSA) is 23.5 Å². The Hall–Kier alpha value is -0.0800. The summed E-state index contributed by atoms with van der Waals surface area (Å²) in [7, 11) is 0. The maximum absolute atomic E-state index is 10.2. The fourth-order valence-electron chi connectivity index (χ4n) is 3.06. The number of aliphatic hydroxyl groups is 1. The number of likely N-dealkylation sites (tertiary alicyclic amines) is 1. The number of rotatable bonds is 3. The molecule has 1 N–H and O–H groups in total. The second-order valence-electron chi connectivity index (χ2n) is 5.88. The average molecular weight is 211 g/mol. The van der Waals surface area contributed by atoms with Crippen LogP contribution in [0.4, 0.5) is 0 Å². The minimum atomic E-state index is -0.273. The second-order valence-corrected chi connectivity index (χ2v) is 5.88. The Morgan fingerprint density at radius 3 is 2.60 bits per heavy atom. The lowest BCUT2D eigenvalue weighted by Gasteiger charge is -2.43. The summed E-state index contributed by atoms with van der Waals surface area (Å²) in [6.45, 7) is 7.02. The first-order chi connectivity index (χ1) is 7.09. The Morgan fingerprint density at radius 1 is 1.33 bits per heavy atom. The second kappa shape index (κ2) is 4.42. The van der Waals surface area contributed by atoms with Gasteiger partial charge in [0.2, 0.25) is 0 Å². The van der Waals surface area contributed by atoms with Gasteiger partial charge < -0.3 is 10.0 Å². The van der Waals surface area contributed by atoms with E-state index in [-0.39, 0.29) is 5.60 Å². The molecule has 0 aromatic carbocycles. The summed E-state index contributed by atoms with van der Waals surface area (Å²) in [6, 6.07) is 0.670. The highest BCUT2D eigenvalue weighted by atomic mass is 16.3. The van der Waals surface area contributed by atoms with Gasteiger partial charge in [-0.1, -0.05) is 0 Å². The third-order valence-electron chi connectivity index (χ3n) is 4.23. The van der Waals surface area contributed by atoms with E-state index in [1.54, 1.807) is 0 Å². The molecule has 1 saturated carbocycles. The molecule has 2 aliphatic rings. The molecule has 15 heavy (non-hydrogen) atoms. The first-order valence-corrected chi connectivity index (χ1v) is 6.55. The van der Waals surface area contributed by atoms with Crippen molar-refractivity contribution in [1.82, 2.24) is 4.90 Å². The van der Waals surface area contributed by atoms with Crippen molar-refractivity contribution >= 4 is 0 Å². The number of hydrogen-bond donors (Lipinski definition) is 1. The van der Waals surface area contributed by atoms with Gasteiger partial charge in [-0.2, -0.15) is 0 Å². The molecule has 1 aliphatic carbocycles. The molecule has 0 bridgehead atoms. The van der Waals surface area contributed by atoms with Gasteiger partial charge in [0.1, 0.15) is 0 Å². The third-order valence-corrected chi connectivity index (χ3v) is 4.23. The molecule has 2 heteroatoms. The lowest BCUT2D eigenvalue weighted by molar-refractivity contribution is -0.0610. The lowest BCUT2D eigenvalue weighted by atomic mass is 9.73. The van der Waals surface area contributed by atoms with Crippen molar-refractivity contribution < 1.29 is 5.11 Å². The Kier molecular flexibility index (Phi) is 3.36. The fourth-order valence-corrected chi connectivity index (χ4v) is 3.06. The highest BCUT2D eigenvalue weighted by Gasteiger charge is 2.37. The van der Waals surface area contributed by atoms with Crippen molar-refractivity contribution in [1.29, 1.82) is 0 Å². The van der Waals surface area contributed by atoms with E-state index in [1.165, 1.54) is 32.4 Å². The van der Waals surface area contributed by atoms with E-state index in [1.807, 2.05) is 0 Å². The van der Waals surface area contributed by atoms with E-state index in [4.69, 9.17) is 0 Å². The molecule has 1 unspecified atom stereocenters. The summed E-state index contributed by atoms with van der Waals surface area (Å²) in [5, 5.41) is 10.2. The highest BCUT2D eigenvalue weighted by Crippen LogP contribution is 2.39. The molecule has 88 valence electrons. The number of nitrogens with zero attached hydrogens (tertiary/aromatic N) is 1. The molecule has 2 fully saturated rings. The van der Waals surface area contributed by atoms with Crippen LogP contribution in [0, 0.1) is 5.92 Å². The van der Waals surface area contributed by atoms with Gasteiger partial charge in [-0.25, -0.2) is 0 Å². The standard InChI is InChI=1S/C13H25NO/c1-11(2)14-8-3-5-12(10-14)9-13(15)6-4-7-13/h11-12,15H,3-10H2,1-2H3. The molecule has 1 saturated heterocycles. The van der Waals surface area contributed by atoms with Crippen molar-refractivity contribution in [3.63, 3.8) is 0 Å². The smallest absolute Gasteiger partial charge is 0.0651 e. The van der Waals surface area contributed by atoms with Crippen molar-refractivity contribution in [3.05, 3.63) is 0 Å². The molecule has 0 aromatic heterocycles. The average Bonchev–Trinajstić information content (AvgIpc) is 2.16. The summed E-state index contributed by atoms with van der Waals surface area (Å²) >= 11 is 0. The van der Waals surface area contributed by atoms with Crippen LogP contribution in [-0.4, -0.2) is 34.7 Å². The Labute approximate surface area is 93.7 Å². The molecule has 1 aliphatic heterocycles. The van der Waals surface area contributed by atoms with Crippen molar-refractivity contribution in [2.45, 2.75) is 64.0 Å². The summed E-state index contributed by atoms with van der Waals surface area (Å²) in [5.74, 6) is 0.742. The fraction of sp³-hybridized carbons (Fsp3) is 1.00. The van der Waals surface area contributed by atoms with E-state index < -0.39 is 0 Å². The number of hydrogen-bond acceptors (Lipinski definition) is 2. The van der Waals surface area contributed by atoms with Gasteiger partial charge in [-0.05, 0) is 64.8 Å². The van der Waals surface area contributed by atoms with Crippen molar-refractivity contribution in [2.75, 3.05) is 13.1 Å². The molecular formula is C13H25NO. The van der Waals surface area contributed by atoms with E-state index in [2.05, 4.69) is 18.7 Å². The third kappa shape index (κ3) is 2.73. The zero-order valence-corrected chi connectivity index (χ0v) is 10.2. The van der Waals surface area contributed by atoms with Gasteiger partial charge in [0, 0.05) is 12.6 Å². The zero-order chi connectivity index (χ0) is 10.9. The van der Waals surface area contributed by atoms with Gasteiger partial charge in [0.25, 0.3) is 0 Å². The van der Waals surface area contributed by atoms with Crippen molar-refractivity contribution in [2.24, 2.45) is 5.92 Å². The largest absolute Gasteiger partial charge is 0.390 e. The van der Waals surface area contributed by atoms with E-state index >= 15 is 0 Å². The molecule has 2 rings (SSSR count). The maximum atomic E-state index is 10.2. The lowest BCUT2D eigenvalue weighted by Crippen LogP contribution is -2.45. The minimum absolute atomic E-state index is 0.273. The van der Waals surface area contributed by atoms with Gasteiger partial charge in [0.05, 0.1) is 5.60 Å². The van der Waals surface area contributed by atoms with Crippen LogP contribution in [-0.2, 0) is 0 Å². The molecule has 0 spiro atoms. The maximum Gasteiger partial charge on any atom is 0.0651 e. The predicted octanol–water partition coefficient (Wildman–Crippen LogP) is 2.41. The Balaban J connectivity index is 1.82. The van der Waals surface area contributed by atoms with Gasteiger partial charge in [0.15, 0.2) is 0 Å². The van der Waals surface area contributed by atoms with Crippen LogP contribution in [0.25, 0.3) is 0 Å². The minimum Gasteiger partial charge on any atom is -0.390 e. The summed E-state index contributed by atoms with van der Waals surface area (Å²) in [5.41, 5.74) is -0.273. The van der Waals surface area contributed by atoms with Crippen LogP contribution in [0.15, 0.2) is 0 Å². The van der Waals surface area contributed by atoms with E-state index in [0.29, 0.717) is 6.04 Å². The normalized spacial score (nSPS) is 31.6. The molecule has 2 nitrogen and oxygen atoms in total. The van der Waals surface area contributed by atoms with E-state index in [0.717, 1.165) is 25.2 Å². The monoisotopic (exact) mass is 211 g/mol. The first-order valence-electron chi connectivity index (χ1n) is 6.55. The zero-order valence-electron chi connectivity index (χ0n) is 10.2. The van der Waals surface area contributed by atoms with Crippen LogP contribution in [0.2, 0.25) is 0 Å². The summed E-state index contributed by atoms with van der Waals surface area (Å²) in [6.07, 6.45) is 7.02. The highest BCUT2D eigenvalue weighted by molar-refractivity contribution is 4.91. The summed E-state index contributed by atoms with van der Waals surface area (Å²) < 4.78 is 0. The predicted molar refractivity (Wildman–Crippen MR) is 62.9 cm³/mol. The molecule has 0 amide bonds. The van der Waals surface area contributed by atoms with Gasteiger partial charge in [-0.15, -0.1) is 0 Å². The molecule has 0 aromatic rings. The molecule has 0 radical (unpaired) electrons. The SMILES string of the molecule is CC(C)N1CCCC(CC2(O)CCC2)C1. The van der Waals surface area contributed by atoms with Crippen LogP contribution in [0.3, 0.4) is 0 Å². The summed E-state index contributed by atoms with van der Waals surface area (Å²) in [4.78, 5) is 2.57. The Morgan fingerprint density at radius 2 is 2.07 bits per heavy atom. The first kappa shape index (κ1) is 11.4. The van der Waals surface area contributed by atoms with Crippen LogP contribution >= 0.6 is 0 Å².